The molecule has 0 atom stereocenters. The van der Waals surface area contributed by atoms with E-state index < -0.39 is 18.0 Å². The summed E-state index contributed by atoms with van der Waals surface area (Å²) in [5.74, 6) is -0.451. The highest BCUT2D eigenvalue weighted by Crippen LogP contribution is 2.13. The summed E-state index contributed by atoms with van der Waals surface area (Å²) >= 11 is 0. The van der Waals surface area contributed by atoms with Crippen molar-refractivity contribution in [3.05, 3.63) is 23.8 Å². The molecule has 0 saturated carbocycles. The van der Waals surface area contributed by atoms with Crippen molar-refractivity contribution >= 4 is 5.91 Å². The van der Waals surface area contributed by atoms with Crippen molar-refractivity contribution in [3.8, 4) is 0 Å². The molecule has 1 rings (SSSR count). The molecule has 0 saturated heterocycles. The van der Waals surface area contributed by atoms with Gasteiger partial charge in [-0.3, -0.25) is 9.78 Å². The van der Waals surface area contributed by atoms with Crippen molar-refractivity contribution in [1.82, 2.24) is 15.3 Å². The SMILES string of the molecule is CC.CNC(=O)c1cnc(C(F)F)cn1. The van der Waals surface area contributed by atoms with Gasteiger partial charge in [-0.15, -0.1) is 0 Å². The third-order valence-electron chi connectivity index (χ3n) is 1.36. The molecule has 0 spiro atoms. The van der Waals surface area contributed by atoms with Gasteiger partial charge in [-0.2, -0.15) is 0 Å². The van der Waals surface area contributed by atoms with Gasteiger partial charge in [0, 0.05) is 7.05 Å². The first-order valence-electron chi connectivity index (χ1n) is 4.47. The number of amides is 1. The van der Waals surface area contributed by atoms with Gasteiger partial charge in [0.1, 0.15) is 11.4 Å². The highest BCUT2D eigenvalue weighted by atomic mass is 19.3. The first kappa shape index (κ1) is 13.4. The number of hydrogen-bond acceptors (Lipinski definition) is 3. The second-order valence-electron chi connectivity index (χ2n) is 2.21. The molecule has 1 amide bonds. The Morgan fingerprint density at radius 2 is 1.93 bits per heavy atom. The number of rotatable bonds is 2. The Bertz CT molecular complexity index is 301. The summed E-state index contributed by atoms with van der Waals surface area (Å²) in [5, 5.41) is 2.30. The quantitative estimate of drug-likeness (QED) is 0.821. The normalized spacial score (nSPS) is 9.20. The smallest absolute Gasteiger partial charge is 0.281 e. The van der Waals surface area contributed by atoms with Crippen molar-refractivity contribution in [2.45, 2.75) is 20.3 Å². The van der Waals surface area contributed by atoms with Crippen molar-refractivity contribution < 1.29 is 13.6 Å². The topological polar surface area (TPSA) is 54.9 Å². The second kappa shape index (κ2) is 6.80. The average molecular weight is 217 g/mol. The molecule has 1 N–H and O–H groups in total. The lowest BCUT2D eigenvalue weighted by molar-refractivity contribution is 0.0956. The zero-order valence-corrected chi connectivity index (χ0v) is 8.79. The van der Waals surface area contributed by atoms with Crippen molar-refractivity contribution in [1.29, 1.82) is 0 Å². The fourth-order valence-electron chi connectivity index (χ4n) is 0.696. The minimum atomic E-state index is -2.66. The van der Waals surface area contributed by atoms with Crippen LogP contribution >= 0.6 is 0 Å². The van der Waals surface area contributed by atoms with E-state index in [9.17, 15) is 13.6 Å². The second-order valence-corrected chi connectivity index (χ2v) is 2.21. The molecule has 0 aliphatic rings. The minimum Gasteiger partial charge on any atom is -0.354 e. The van der Waals surface area contributed by atoms with Gasteiger partial charge in [0.2, 0.25) is 0 Å². The Balaban J connectivity index is 0.000000921. The van der Waals surface area contributed by atoms with Crippen LogP contribution < -0.4 is 5.32 Å². The van der Waals surface area contributed by atoms with Crippen molar-refractivity contribution in [2.24, 2.45) is 0 Å². The van der Waals surface area contributed by atoms with Gasteiger partial charge >= 0.3 is 0 Å². The number of nitrogens with zero attached hydrogens (tertiary/aromatic N) is 2. The highest BCUT2D eigenvalue weighted by Gasteiger charge is 2.10. The van der Waals surface area contributed by atoms with Crippen LogP contribution in [0.3, 0.4) is 0 Å². The molecular formula is C9H13F2N3O. The van der Waals surface area contributed by atoms with E-state index in [1.807, 2.05) is 13.8 Å². The van der Waals surface area contributed by atoms with Crippen LogP contribution in [0.5, 0.6) is 0 Å². The summed E-state index contributed by atoms with van der Waals surface area (Å²) in [6.45, 7) is 4.00. The van der Waals surface area contributed by atoms with Gasteiger partial charge in [0.15, 0.2) is 0 Å². The molecule has 0 aliphatic heterocycles. The Hall–Kier alpha value is -1.59. The number of hydrogen-bond donors (Lipinski definition) is 1. The lowest BCUT2D eigenvalue weighted by Gasteiger charge is -1.99. The lowest BCUT2D eigenvalue weighted by Crippen LogP contribution is -2.19. The van der Waals surface area contributed by atoms with Gasteiger partial charge in [0.05, 0.1) is 12.4 Å². The molecular weight excluding hydrogens is 204 g/mol. The van der Waals surface area contributed by atoms with E-state index in [0.717, 1.165) is 12.4 Å². The summed E-state index contributed by atoms with van der Waals surface area (Å²) in [5.41, 5.74) is -0.417. The maximum absolute atomic E-state index is 12.0. The molecule has 1 heterocycles. The van der Waals surface area contributed by atoms with Gasteiger partial charge in [-0.05, 0) is 0 Å². The first-order chi connectivity index (χ1) is 7.15. The van der Waals surface area contributed by atoms with Crippen molar-refractivity contribution in [3.63, 3.8) is 0 Å². The first-order valence-corrected chi connectivity index (χ1v) is 4.47. The molecule has 0 aliphatic carbocycles. The van der Waals surface area contributed by atoms with Gasteiger partial charge in [-0.25, -0.2) is 13.8 Å². The molecule has 1 aromatic heterocycles. The van der Waals surface area contributed by atoms with Crippen LogP contribution in [0.15, 0.2) is 12.4 Å². The maximum Gasteiger partial charge on any atom is 0.281 e. The van der Waals surface area contributed by atoms with Gasteiger partial charge in [0.25, 0.3) is 12.3 Å². The van der Waals surface area contributed by atoms with Crippen LogP contribution in [0.1, 0.15) is 36.5 Å². The number of nitrogens with one attached hydrogen (secondary N) is 1. The van der Waals surface area contributed by atoms with E-state index >= 15 is 0 Å². The molecule has 0 unspecified atom stereocenters. The molecule has 0 fully saturated rings. The summed E-state index contributed by atoms with van der Waals surface area (Å²) in [4.78, 5) is 17.8. The Morgan fingerprint density at radius 3 is 2.27 bits per heavy atom. The van der Waals surface area contributed by atoms with E-state index in [2.05, 4.69) is 15.3 Å². The largest absolute Gasteiger partial charge is 0.354 e. The van der Waals surface area contributed by atoms with E-state index in [0.29, 0.717) is 0 Å². The molecule has 6 heteroatoms. The summed E-state index contributed by atoms with van der Waals surface area (Å²) in [6, 6.07) is 0. The lowest BCUT2D eigenvalue weighted by atomic mass is 10.4. The van der Waals surface area contributed by atoms with E-state index in [4.69, 9.17) is 0 Å². The average Bonchev–Trinajstić information content (AvgIpc) is 2.31. The Labute approximate surface area is 86.7 Å². The molecule has 0 bridgehead atoms. The van der Waals surface area contributed by atoms with Crippen LogP contribution in [-0.4, -0.2) is 22.9 Å². The Kier molecular flexibility index (Phi) is 6.08. The highest BCUT2D eigenvalue weighted by molar-refractivity contribution is 5.91. The molecule has 15 heavy (non-hydrogen) atoms. The molecule has 4 nitrogen and oxygen atoms in total. The fourth-order valence-corrected chi connectivity index (χ4v) is 0.696. The molecule has 0 radical (unpaired) electrons. The summed E-state index contributed by atoms with van der Waals surface area (Å²) < 4.78 is 24.0. The monoisotopic (exact) mass is 217 g/mol. The summed E-state index contributed by atoms with van der Waals surface area (Å²) in [6.07, 6.45) is -0.763. The Morgan fingerprint density at radius 1 is 1.33 bits per heavy atom. The number of carbonyl (C=O) groups is 1. The predicted octanol–water partition coefficient (Wildman–Crippen LogP) is 1.80. The van der Waals surface area contributed by atoms with Crippen LogP contribution in [0.2, 0.25) is 0 Å². The van der Waals surface area contributed by atoms with E-state index in [1.54, 1.807) is 0 Å². The zero-order chi connectivity index (χ0) is 11.8. The molecule has 1 aromatic rings. The molecule has 0 aromatic carbocycles. The zero-order valence-electron chi connectivity index (χ0n) is 8.79. The third kappa shape index (κ3) is 3.97. The standard InChI is InChI=1S/C7H7F2N3O.C2H6/c1-10-7(13)5-3-11-4(2-12-5)6(8)9;1-2/h2-3,6H,1H3,(H,10,13);1-2H3. The number of aromatic nitrogens is 2. The number of halogens is 2. The van der Waals surface area contributed by atoms with Crippen molar-refractivity contribution in [2.75, 3.05) is 7.05 Å². The fraction of sp³-hybridized carbons (Fsp3) is 0.444. The summed E-state index contributed by atoms with van der Waals surface area (Å²) in [7, 11) is 1.42. The van der Waals surface area contributed by atoms with Crippen LogP contribution in [0.4, 0.5) is 8.78 Å². The van der Waals surface area contributed by atoms with Gasteiger partial charge < -0.3 is 5.32 Å². The van der Waals surface area contributed by atoms with Gasteiger partial charge in [-0.1, -0.05) is 13.8 Å². The third-order valence-corrected chi connectivity index (χ3v) is 1.36. The van der Waals surface area contributed by atoms with E-state index in [-0.39, 0.29) is 5.69 Å². The number of alkyl halides is 2. The van der Waals surface area contributed by atoms with Crippen LogP contribution in [-0.2, 0) is 0 Å². The molecule has 84 valence electrons. The maximum atomic E-state index is 12.0. The van der Waals surface area contributed by atoms with Crippen LogP contribution in [0, 0.1) is 0 Å². The van der Waals surface area contributed by atoms with Crippen LogP contribution in [0.25, 0.3) is 0 Å². The van der Waals surface area contributed by atoms with E-state index in [1.165, 1.54) is 7.05 Å². The number of carbonyl (C=O) groups excluding carboxylic acids is 1. The predicted molar refractivity (Wildman–Crippen MR) is 51.7 cm³/mol. The minimum absolute atomic E-state index is 0.0203.